The van der Waals surface area contributed by atoms with E-state index in [4.69, 9.17) is 9.47 Å². The average Bonchev–Trinajstić information content (AvgIpc) is 2.44. The van der Waals surface area contributed by atoms with Crippen LogP contribution in [0.2, 0.25) is 0 Å². The summed E-state index contributed by atoms with van der Waals surface area (Å²) in [5, 5.41) is 0. The van der Waals surface area contributed by atoms with Gasteiger partial charge in [0.2, 0.25) is 0 Å². The molecule has 0 atom stereocenters. The summed E-state index contributed by atoms with van der Waals surface area (Å²) in [6.07, 6.45) is 9.79. The van der Waals surface area contributed by atoms with E-state index in [0.717, 1.165) is 38.5 Å². The lowest BCUT2D eigenvalue weighted by Gasteiger charge is -2.06. The Hall–Kier alpha value is -1.58. The fourth-order valence-corrected chi connectivity index (χ4v) is 1.57. The van der Waals surface area contributed by atoms with Gasteiger partial charge in [0.15, 0.2) is 0 Å². The van der Waals surface area contributed by atoms with E-state index in [0.29, 0.717) is 12.8 Å². The van der Waals surface area contributed by atoms with Crippen LogP contribution in [0, 0.1) is 0 Å². The lowest BCUT2D eigenvalue weighted by Crippen LogP contribution is -2.13. The smallest absolute Gasteiger partial charge is 0.305 e. The molecule has 114 valence electrons. The molecule has 0 aliphatic rings. The molecule has 0 unspecified atom stereocenters. The van der Waals surface area contributed by atoms with Crippen molar-refractivity contribution in [1.29, 1.82) is 0 Å². The maximum absolute atomic E-state index is 11.3. The van der Waals surface area contributed by atoms with Gasteiger partial charge in [-0.25, -0.2) is 0 Å². The van der Waals surface area contributed by atoms with Crippen LogP contribution in [0.1, 0.15) is 51.4 Å². The van der Waals surface area contributed by atoms with Gasteiger partial charge in [-0.2, -0.15) is 0 Å². The zero-order chi connectivity index (χ0) is 15.1. The zero-order valence-corrected chi connectivity index (χ0v) is 12.3. The largest absolute Gasteiger partial charge is 0.462 e. The number of hydrogen-bond acceptors (Lipinski definition) is 4. The van der Waals surface area contributed by atoms with Gasteiger partial charge in [0.05, 0.1) is 0 Å². The molecule has 0 saturated heterocycles. The lowest BCUT2D eigenvalue weighted by atomic mass is 10.2. The van der Waals surface area contributed by atoms with E-state index in [1.165, 1.54) is 0 Å². The molecule has 0 rings (SSSR count). The molecule has 0 aliphatic carbocycles. The SMILES string of the molecule is C=CCCCCC(=O)OCCOC(=O)CCCCC=C. The monoisotopic (exact) mass is 282 g/mol. The molecule has 0 N–H and O–H groups in total. The summed E-state index contributed by atoms with van der Waals surface area (Å²) in [4.78, 5) is 22.6. The summed E-state index contributed by atoms with van der Waals surface area (Å²) < 4.78 is 9.92. The Morgan fingerprint density at radius 2 is 1.15 bits per heavy atom. The number of rotatable bonds is 13. The number of unbranched alkanes of at least 4 members (excludes halogenated alkanes) is 4. The number of carbonyl (C=O) groups is 2. The molecule has 20 heavy (non-hydrogen) atoms. The Morgan fingerprint density at radius 1 is 0.750 bits per heavy atom. The van der Waals surface area contributed by atoms with Crippen molar-refractivity contribution in [3.05, 3.63) is 25.3 Å². The first kappa shape index (κ1) is 18.4. The second kappa shape index (κ2) is 13.8. The van der Waals surface area contributed by atoms with Gasteiger partial charge >= 0.3 is 11.9 Å². The van der Waals surface area contributed by atoms with E-state index in [1.54, 1.807) is 0 Å². The lowest BCUT2D eigenvalue weighted by molar-refractivity contribution is -0.152. The third-order valence-corrected chi connectivity index (χ3v) is 2.69. The van der Waals surface area contributed by atoms with Crippen molar-refractivity contribution >= 4 is 11.9 Å². The van der Waals surface area contributed by atoms with Crippen molar-refractivity contribution < 1.29 is 19.1 Å². The summed E-state index contributed by atoms with van der Waals surface area (Å²) >= 11 is 0. The summed E-state index contributed by atoms with van der Waals surface area (Å²) in [5.74, 6) is -0.479. The Morgan fingerprint density at radius 3 is 1.50 bits per heavy atom. The minimum Gasteiger partial charge on any atom is -0.462 e. The molecule has 0 saturated carbocycles. The van der Waals surface area contributed by atoms with Crippen molar-refractivity contribution in [2.45, 2.75) is 51.4 Å². The number of carbonyl (C=O) groups excluding carboxylic acids is 2. The van der Waals surface area contributed by atoms with E-state index in [9.17, 15) is 9.59 Å². The molecule has 4 heteroatoms. The quantitative estimate of drug-likeness (QED) is 0.294. The van der Waals surface area contributed by atoms with Gasteiger partial charge in [-0.1, -0.05) is 12.2 Å². The van der Waals surface area contributed by atoms with Crippen LogP contribution in [0.3, 0.4) is 0 Å². The molecule has 0 heterocycles. The van der Waals surface area contributed by atoms with Gasteiger partial charge < -0.3 is 9.47 Å². The standard InChI is InChI=1S/C16H26O4/c1-3-5-7-9-11-15(17)19-13-14-20-16(18)12-10-8-6-4-2/h3-4H,1-2,5-14H2. The summed E-state index contributed by atoms with van der Waals surface area (Å²) in [5.41, 5.74) is 0. The van der Waals surface area contributed by atoms with E-state index >= 15 is 0 Å². The maximum atomic E-state index is 11.3. The minimum absolute atomic E-state index is 0.138. The predicted octanol–water partition coefficient (Wildman–Crippen LogP) is 3.57. The average molecular weight is 282 g/mol. The van der Waals surface area contributed by atoms with Gasteiger partial charge in [0.1, 0.15) is 13.2 Å². The maximum Gasteiger partial charge on any atom is 0.305 e. The normalized spacial score (nSPS) is 9.80. The third-order valence-electron chi connectivity index (χ3n) is 2.69. The van der Waals surface area contributed by atoms with Crippen LogP contribution >= 0.6 is 0 Å². The first-order chi connectivity index (χ1) is 9.70. The summed E-state index contributed by atoms with van der Waals surface area (Å²) in [6.45, 7) is 7.51. The van der Waals surface area contributed by atoms with Crippen LogP contribution < -0.4 is 0 Å². The van der Waals surface area contributed by atoms with Crippen LogP contribution in [-0.2, 0) is 19.1 Å². The molecule has 4 nitrogen and oxygen atoms in total. The van der Waals surface area contributed by atoms with Crippen LogP contribution in [0.5, 0.6) is 0 Å². The zero-order valence-electron chi connectivity index (χ0n) is 12.3. The molecule has 0 radical (unpaired) electrons. The van der Waals surface area contributed by atoms with Crippen LogP contribution in [-0.4, -0.2) is 25.2 Å². The Kier molecular flexibility index (Phi) is 12.7. The number of allylic oxidation sites excluding steroid dienone is 2. The van der Waals surface area contributed by atoms with Crippen LogP contribution in [0.25, 0.3) is 0 Å². The molecule has 0 aromatic carbocycles. The highest BCUT2D eigenvalue weighted by atomic mass is 16.6. The fourth-order valence-electron chi connectivity index (χ4n) is 1.57. The van der Waals surface area contributed by atoms with Crippen molar-refractivity contribution in [3.8, 4) is 0 Å². The Bertz CT molecular complexity index is 267. The third kappa shape index (κ3) is 12.9. The minimum atomic E-state index is -0.240. The van der Waals surface area contributed by atoms with Gasteiger partial charge in [-0.15, -0.1) is 13.2 Å². The van der Waals surface area contributed by atoms with E-state index in [1.807, 2.05) is 12.2 Å². The molecule has 0 aromatic rings. The second-order valence-corrected chi connectivity index (χ2v) is 4.51. The first-order valence-electron chi connectivity index (χ1n) is 7.23. The molecule has 0 bridgehead atoms. The highest BCUT2D eigenvalue weighted by Crippen LogP contribution is 2.03. The Labute approximate surface area is 121 Å². The van der Waals surface area contributed by atoms with Gasteiger partial charge in [0, 0.05) is 12.8 Å². The highest BCUT2D eigenvalue weighted by molar-refractivity contribution is 5.70. The highest BCUT2D eigenvalue weighted by Gasteiger charge is 2.05. The van der Waals surface area contributed by atoms with Crippen molar-refractivity contribution in [3.63, 3.8) is 0 Å². The van der Waals surface area contributed by atoms with Gasteiger partial charge in [-0.3, -0.25) is 9.59 Å². The molecule has 0 aliphatic heterocycles. The Balaban J connectivity index is 3.36. The molecule has 0 amide bonds. The van der Waals surface area contributed by atoms with Crippen molar-refractivity contribution in [2.75, 3.05) is 13.2 Å². The van der Waals surface area contributed by atoms with E-state index in [-0.39, 0.29) is 25.2 Å². The predicted molar refractivity (Wildman–Crippen MR) is 79.2 cm³/mol. The van der Waals surface area contributed by atoms with Crippen molar-refractivity contribution in [1.82, 2.24) is 0 Å². The number of esters is 2. The van der Waals surface area contributed by atoms with Crippen LogP contribution in [0.4, 0.5) is 0 Å². The van der Waals surface area contributed by atoms with E-state index in [2.05, 4.69) is 13.2 Å². The van der Waals surface area contributed by atoms with Crippen molar-refractivity contribution in [2.24, 2.45) is 0 Å². The van der Waals surface area contributed by atoms with Gasteiger partial charge in [0.25, 0.3) is 0 Å². The number of hydrogen-bond donors (Lipinski definition) is 0. The summed E-state index contributed by atoms with van der Waals surface area (Å²) in [6, 6.07) is 0. The molecular formula is C16H26O4. The fraction of sp³-hybridized carbons (Fsp3) is 0.625. The molecule has 0 fully saturated rings. The van der Waals surface area contributed by atoms with E-state index < -0.39 is 0 Å². The van der Waals surface area contributed by atoms with Gasteiger partial charge in [-0.05, 0) is 38.5 Å². The molecular weight excluding hydrogens is 256 g/mol. The number of ether oxygens (including phenoxy) is 2. The molecule has 0 spiro atoms. The topological polar surface area (TPSA) is 52.6 Å². The first-order valence-corrected chi connectivity index (χ1v) is 7.23. The summed E-state index contributed by atoms with van der Waals surface area (Å²) in [7, 11) is 0. The van der Waals surface area contributed by atoms with Crippen LogP contribution in [0.15, 0.2) is 25.3 Å². The molecule has 0 aromatic heterocycles. The second-order valence-electron chi connectivity index (χ2n) is 4.51.